The predicted octanol–water partition coefficient (Wildman–Crippen LogP) is 3.36. The second kappa shape index (κ2) is 6.37. The van der Waals surface area contributed by atoms with E-state index in [1.165, 1.54) is 30.4 Å². The van der Waals surface area contributed by atoms with E-state index in [-0.39, 0.29) is 0 Å². The fourth-order valence-electron chi connectivity index (χ4n) is 2.93. The van der Waals surface area contributed by atoms with Gasteiger partial charge in [0.25, 0.3) is 0 Å². The van der Waals surface area contributed by atoms with Crippen LogP contribution in [0.3, 0.4) is 0 Å². The molecule has 0 aliphatic heterocycles. The number of benzene rings is 1. The van der Waals surface area contributed by atoms with Crippen LogP contribution in [-0.2, 0) is 13.0 Å². The summed E-state index contributed by atoms with van der Waals surface area (Å²) >= 11 is 1.65. The smallest absolute Gasteiger partial charge is 0.119 e. The molecule has 0 saturated carbocycles. The number of thiazole rings is 1. The summed E-state index contributed by atoms with van der Waals surface area (Å²) in [6.07, 6.45) is 3.71. The van der Waals surface area contributed by atoms with Crippen molar-refractivity contribution in [1.82, 2.24) is 10.3 Å². The van der Waals surface area contributed by atoms with Crippen molar-refractivity contribution in [2.75, 3.05) is 13.7 Å². The normalized spacial score (nSPS) is 17.8. The molecule has 3 rings (SSSR count). The van der Waals surface area contributed by atoms with Crippen molar-refractivity contribution in [3.8, 4) is 5.75 Å². The van der Waals surface area contributed by atoms with Crippen LogP contribution in [-0.4, -0.2) is 18.6 Å². The Labute approximate surface area is 124 Å². The van der Waals surface area contributed by atoms with Crippen molar-refractivity contribution in [3.05, 3.63) is 45.9 Å². The number of aryl methyl sites for hydroxylation is 1. The van der Waals surface area contributed by atoms with Crippen molar-refractivity contribution >= 4 is 11.3 Å². The zero-order valence-electron chi connectivity index (χ0n) is 11.8. The average molecular weight is 288 g/mol. The first-order chi connectivity index (χ1) is 9.86. The number of fused-ring (bicyclic) bond motifs is 1. The second-order valence-electron chi connectivity index (χ2n) is 5.26. The Bertz CT molecular complexity index is 554. The van der Waals surface area contributed by atoms with E-state index in [4.69, 9.17) is 4.74 Å². The molecular weight excluding hydrogens is 268 g/mol. The Balaban J connectivity index is 1.64. The number of hydrogen-bond donors (Lipinski definition) is 1. The van der Waals surface area contributed by atoms with E-state index in [1.807, 2.05) is 5.51 Å². The summed E-state index contributed by atoms with van der Waals surface area (Å²) < 4.78 is 5.32. The van der Waals surface area contributed by atoms with Gasteiger partial charge >= 0.3 is 0 Å². The molecular formula is C16H20N2OS. The lowest BCUT2D eigenvalue weighted by atomic mass is 9.82. The van der Waals surface area contributed by atoms with Crippen LogP contribution in [0.2, 0.25) is 0 Å². The lowest BCUT2D eigenvalue weighted by Crippen LogP contribution is -2.24. The van der Waals surface area contributed by atoms with Crippen molar-refractivity contribution < 1.29 is 4.74 Å². The molecule has 0 spiro atoms. The first-order valence-corrected chi connectivity index (χ1v) is 8.05. The Hall–Kier alpha value is -1.39. The van der Waals surface area contributed by atoms with Gasteiger partial charge in [0.2, 0.25) is 0 Å². The van der Waals surface area contributed by atoms with Crippen LogP contribution >= 0.6 is 11.3 Å². The quantitative estimate of drug-likeness (QED) is 0.916. The van der Waals surface area contributed by atoms with E-state index >= 15 is 0 Å². The minimum atomic E-state index is 0.614. The van der Waals surface area contributed by atoms with Crippen LogP contribution in [0.1, 0.15) is 35.6 Å². The maximum atomic E-state index is 5.32. The van der Waals surface area contributed by atoms with E-state index in [1.54, 1.807) is 18.4 Å². The molecule has 1 aliphatic carbocycles. The number of aromatic nitrogens is 1. The van der Waals surface area contributed by atoms with Crippen LogP contribution in [0.25, 0.3) is 0 Å². The Morgan fingerprint density at radius 3 is 3.20 bits per heavy atom. The summed E-state index contributed by atoms with van der Waals surface area (Å²) in [6.45, 7) is 1.89. The summed E-state index contributed by atoms with van der Waals surface area (Å²) in [5.74, 6) is 1.59. The molecule has 0 saturated heterocycles. The molecule has 0 fully saturated rings. The molecule has 1 atom stereocenters. The predicted molar refractivity (Wildman–Crippen MR) is 82.5 cm³/mol. The third-order valence-corrected chi connectivity index (χ3v) is 4.60. The summed E-state index contributed by atoms with van der Waals surface area (Å²) in [5.41, 5.74) is 5.97. The van der Waals surface area contributed by atoms with Crippen molar-refractivity contribution in [2.45, 2.75) is 31.7 Å². The van der Waals surface area contributed by atoms with Gasteiger partial charge in [-0.25, -0.2) is 4.98 Å². The fourth-order valence-corrected chi connectivity index (χ4v) is 3.49. The van der Waals surface area contributed by atoms with E-state index in [9.17, 15) is 0 Å². The van der Waals surface area contributed by atoms with E-state index in [0.29, 0.717) is 5.92 Å². The molecule has 1 aliphatic rings. The molecule has 1 aromatic heterocycles. The van der Waals surface area contributed by atoms with Gasteiger partial charge in [0, 0.05) is 18.5 Å². The molecule has 0 radical (unpaired) electrons. The van der Waals surface area contributed by atoms with E-state index in [2.05, 4.69) is 33.9 Å². The molecule has 0 unspecified atom stereocenters. The maximum absolute atomic E-state index is 5.32. The van der Waals surface area contributed by atoms with Gasteiger partial charge in [0.1, 0.15) is 5.75 Å². The Morgan fingerprint density at radius 2 is 2.40 bits per heavy atom. The molecule has 1 heterocycles. The highest BCUT2D eigenvalue weighted by molar-refractivity contribution is 7.07. The Kier molecular flexibility index (Phi) is 4.33. The van der Waals surface area contributed by atoms with Gasteiger partial charge in [-0.1, -0.05) is 6.07 Å². The number of ether oxygens (including phenoxy) is 1. The van der Waals surface area contributed by atoms with Crippen LogP contribution in [0.15, 0.2) is 29.1 Å². The fraction of sp³-hybridized carbons (Fsp3) is 0.438. The Morgan fingerprint density at radius 1 is 1.45 bits per heavy atom. The minimum absolute atomic E-state index is 0.614. The van der Waals surface area contributed by atoms with Gasteiger partial charge in [-0.05, 0) is 48.4 Å². The number of methoxy groups -OCH3 is 1. The van der Waals surface area contributed by atoms with Gasteiger partial charge in [-0.15, -0.1) is 11.3 Å². The minimum Gasteiger partial charge on any atom is -0.497 e. The highest BCUT2D eigenvalue weighted by atomic mass is 32.1. The zero-order valence-corrected chi connectivity index (χ0v) is 12.6. The van der Waals surface area contributed by atoms with Crippen LogP contribution in [0.4, 0.5) is 0 Å². The number of rotatable bonds is 5. The summed E-state index contributed by atoms with van der Waals surface area (Å²) in [7, 11) is 1.73. The van der Waals surface area contributed by atoms with Crippen LogP contribution in [0, 0.1) is 0 Å². The molecule has 3 nitrogen and oxygen atoms in total. The first-order valence-electron chi connectivity index (χ1n) is 7.11. The van der Waals surface area contributed by atoms with Crippen molar-refractivity contribution in [2.24, 2.45) is 0 Å². The number of nitrogens with one attached hydrogen (secondary N) is 1. The van der Waals surface area contributed by atoms with E-state index in [0.717, 1.165) is 24.5 Å². The summed E-state index contributed by atoms with van der Waals surface area (Å²) in [4.78, 5) is 4.31. The molecule has 20 heavy (non-hydrogen) atoms. The van der Waals surface area contributed by atoms with E-state index < -0.39 is 0 Å². The first kappa shape index (κ1) is 13.6. The highest BCUT2D eigenvalue weighted by Gasteiger charge is 2.20. The average Bonchev–Trinajstić information content (AvgIpc) is 3.00. The molecule has 0 bridgehead atoms. The number of hydrogen-bond acceptors (Lipinski definition) is 4. The third kappa shape index (κ3) is 3.02. The monoisotopic (exact) mass is 288 g/mol. The lowest BCUT2D eigenvalue weighted by Gasteiger charge is -2.26. The van der Waals surface area contributed by atoms with Gasteiger partial charge in [0.15, 0.2) is 0 Å². The highest BCUT2D eigenvalue weighted by Crippen LogP contribution is 2.33. The van der Waals surface area contributed by atoms with Gasteiger partial charge < -0.3 is 10.1 Å². The van der Waals surface area contributed by atoms with Gasteiger partial charge in [-0.3, -0.25) is 0 Å². The molecule has 1 N–H and O–H groups in total. The van der Waals surface area contributed by atoms with Gasteiger partial charge in [-0.2, -0.15) is 0 Å². The second-order valence-corrected chi connectivity index (χ2v) is 5.98. The van der Waals surface area contributed by atoms with Crippen LogP contribution < -0.4 is 10.1 Å². The lowest BCUT2D eigenvalue weighted by molar-refractivity contribution is 0.412. The van der Waals surface area contributed by atoms with Crippen molar-refractivity contribution in [1.29, 1.82) is 0 Å². The standard InChI is InChI=1S/C16H20N2OS/c1-19-15-5-6-16-12(7-15)3-2-4-13(16)8-17-9-14-10-20-11-18-14/h5-7,10-11,13,17H,2-4,8-9H2,1H3/t13-/m1/s1. The molecule has 2 aromatic rings. The van der Waals surface area contributed by atoms with Gasteiger partial charge in [0.05, 0.1) is 18.3 Å². The molecule has 4 heteroatoms. The maximum Gasteiger partial charge on any atom is 0.119 e. The molecule has 1 aromatic carbocycles. The summed E-state index contributed by atoms with van der Waals surface area (Å²) in [6, 6.07) is 6.52. The topological polar surface area (TPSA) is 34.1 Å². The SMILES string of the molecule is COc1ccc2c(c1)CCC[C@@H]2CNCc1cscn1. The summed E-state index contributed by atoms with van der Waals surface area (Å²) in [5, 5.41) is 5.64. The zero-order chi connectivity index (χ0) is 13.8. The number of nitrogens with zero attached hydrogens (tertiary/aromatic N) is 1. The van der Waals surface area contributed by atoms with Crippen molar-refractivity contribution in [3.63, 3.8) is 0 Å². The van der Waals surface area contributed by atoms with Crippen LogP contribution in [0.5, 0.6) is 5.75 Å². The third-order valence-electron chi connectivity index (χ3n) is 3.97. The largest absolute Gasteiger partial charge is 0.497 e. The molecule has 106 valence electrons. The molecule has 0 amide bonds.